The Kier molecular flexibility index (Phi) is 5.64. The summed E-state index contributed by atoms with van der Waals surface area (Å²) in [7, 11) is -3.54. The van der Waals surface area contributed by atoms with Crippen LogP contribution in [0.5, 0.6) is 11.5 Å². The van der Waals surface area contributed by atoms with Gasteiger partial charge in [-0.25, -0.2) is 17.2 Å². The fourth-order valence-corrected chi connectivity index (χ4v) is 4.25. The summed E-state index contributed by atoms with van der Waals surface area (Å²) in [6, 6.07) is 9.33. The van der Waals surface area contributed by atoms with Crippen LogP contribution >= 0.6 is 0 Å². The first-order valence-corrected chi connectivity index (χ1v) is 11.6. The number of benzene rings is 2. The number of carbonyl (C=O) groups excluding carboxylic acids is 1. The third kappa shape index (κ3) is 4.18. The van der Waals surface area contributed by atoms with Gasteiger partial charge in [-0.05, 0) is 55.8 Å². The second-order valence-electron chi connectivity index (χ2n) is 7.36. The second kappa shape index (κ2) is 8.27. The molecule has 1 aromatic heterocycles. The number of fused-ring (bicyclic) bond motifs is 1. The van der Waals surface area contributed by atoms with Crippen molar-refractivity contribution in [3.63, 3.8) is 0 Å². The van der Waals surface area contributed by atoms with Crippen LogP contribution in [-0.2, 0) is 16.6 Å². The van der Waals surface area contributed by atoms with Crippen molar-refractivity contribution in [3.8, 4) is 22.8 Å². The Morgan fingerprint density at radius 3 is 2.59 bits per heavy atom. The van der Waals surface area contributed by atoms with Gasteiger partial charge in [-0.3, -0.25) is 9.52 Å². The fraction of sp³-hybridized carbons (Fsp3) is 0.227. The van der Waals surface area contributed by atoms with Crippen molar-refractivity contribution in [2.24, 2.45) is 0 Å². The number of aromatic nitrogens is 1. The SMILES string of the molecule is CCS(=O)(=O)Nc1ccc(Oc2ccc(F)cc2F)c(-c2cc(C)c3n2CCNC3=O)c1. The van der Waals surface area contributed by atoms with E-state index in [-0.39, 0.29) is 23.2 Å². The molecule has 0 saturated heterocycles. The molecule has 1 aliphatic rings. The van der Waals surface area contributed by atoms with Crippen LogP contribution in [0.3, 0.4) is 0 Å². The molecule has 1 aliphatic heterocycles. The summed E-state index contributed by atoms with van der Waals surface area (Å²) in [6.07, 6.45) is 0. The first kappa shape index (κ1) is 21.8. The lowest BCUT2D eigenvalue weighted by molar-refractivity contribution is 0.0927. The number of halogens is 2. The van der Waals surface area contributed by atoms with E-state index in [1.165, 1.54) is 25.1 Å². The van der Waals surface area contributed by atoms with Gasteiger partial charge in [0.25, 0.3) is 5.91 Å². The molecule has 2 heterocycles. The summed E-state index contributed by atoms with van der Waals surface area (Å²) >= 11 is 0. The number of rotatable bonds is 6. The average Bonchev–Trinajstić information content (AvgIpc) is 3.08. The molecular formula is C22H21F2N3O4S. The maximum Gasteiger partial charge on any atom is 0.268 e. The number of hydrogen-bond acceptors (Lipinski definition) is 4. The number of carbonyl (C=O) groups is 1. The van der Waals surface area contributed by atoms with Gasteiger partial charge in [0.05, 0.1) is 11.4 Å². The van der Waals surface area contributed by atoms with E-state index in [9.17, 15) is 22.0 Å². The Morgan fingerprint density at radius 1 is 1.12 bits per heavy atom. The maximum absolute atomic E-state index is 14.2. The number of nitrogens with one attached hydrogen (secondary N) is 2. The first-order valence-electron chi connectivity index (χ1n) is 9.94. The minimum atomic E-state index is -3.54. The number of sulfonamides is 1. The molecule has 0 atom stereocenters. The third-order valence-corrected chi connectivity index (χ3v) is 6.45. The minimum absolute atomic E-state index is 0.110. The highest BCUT2D eigenvalue weighted by Crippen LogP contribution is 2.39. The van der Waals surface area contributed by atoms with E-state index in [0.717, 1.165) is 11.6 Å². The molecule has 10 heteroatoms. The molecule has 0 saturated carbocycles. The van der Waals surface area contributed by atoms with Crippen LogP contribution in [0.2, 0.25) is 0 Å². The summed E-state index contributed by atoms with van der Waals surface area (Å²) in [5.74, 6) is -1.90. The van der Waals surface area contributed by atoms with E-state index in [1.807, 2.05) is 4.57 Å². The lowest BCUT2D eigenvalue weighted by atomic mass is 10.1. The number of hydrogen-bond donors (Lipinski definition) is 2. The van der Waals surface area contributed by atoms with Crippen molar-refractivity contribution in [1.29, 1.82) is 0 Å². The highest BCUT2D eigenvalue weighted by Gasteiger charge is 2.25. The third-order valence-electron chi connectivity index (χ3n) is 5.15. The standard InChI is InChI=1S/C22H21F2N3O4S/c1-3-32(29,30)26-15-5-7-19(31-20-6-4-14(23)11-17(20)24)16(12-15)18-10-13(2)21-22(28)25-8-9-27(18)21/h4-7,10-12,26H,3,8-9H2,1-2H3,(H,25,28). The quantitative estimate of drug-likeness (QED) is 0.580. The Hall–Kier alpha value is -3.40. The molecule has 168 valence electrons. The van der Waals surface area contributed by atoms with Crippen LogP contribution in [0.1, 0.15) is 23.0 Å². The first-order chi connectivity index (χ1) is 15.2. The second-order valence-corrected chi connectivity index (χ2v) is 9.37. The van der Waals surface area contributed by atoms with E-state index < -0.39 is 21.7 Å². The van der Waals surface area contributed by atoms with Gasteiger partial charge < -0.3 is 14.6 Å². The van der Waals surface area contributed by atoms with Crippen LogP contribution < -0.4 is 14.8 Å². The van der Waals surface area contributed by atoms with E-state index in [4.69, 9.17) is 4.74 Å². The van der Waals surface area contributed by atoms with Crippen LogP contribution in [0.25, 0.3) is 11.3 Å². The number of nitrogens with zero attached hydrogens (tertiary/aromatic N) is 1. The predicted molar refractivity (Wildman–Crippen MR) is 116 cm³/mol. The van der Waals surface area contributed by atoms with Gasteiger partial charge in [-0.15, -0.1) is 0 Å². The van der Waals surface area contributed by atoms with Crippen molar-refractivity contribution in [3.05, 3.63) is 65.4 Å². The summed E-state index contributed by atoms with van der Waals surface area (Å²) < 4.78 is 61.7. The topological polar surface area (TPSA) is 89.4 Å². The number of anilines is 1. The molecule has 32 heavy (non-hydrogen) atoms. The molecule has 0 radical (unpaired) electrons. The van der Waals surface area contributed by atoms with Crippen molar-refractivity contribution < 1.29 is 26.7 Å². The smallest absolute Gasteiger partial charge is 0.268 e. The highest BCUT2D eigenvalue weighted by atomic mass is 32.2. The van der Waals surface area contributed by atoms with Crippen molar-refractivity contribution in [2.75, 3.05) is 17.0 Å². The summed E-state index contributed by atoms with van der Waals surface area (Å²) in [6.45, 7) is 4.24. The fourth-order valence-electron chi connectivity index (χ4n) is 3.62. The highest BCUT2D eigenvalue weighted by molar-refractivity contribution is 7.92. The van der Waals surface area contributed by atoms with Crippen LogP contribution in [0.15, 0.2) is 42.5 Å². The Balaban J connectivity index is 1.86. The van der Waals surface area contributed by atoms with Crippen molar-refractivity contribution >= 4 is 21.6 Å². The van der Waals surface area contributed by atoms with E-state index >= 15 is 0 Å². The Morgan fingerprint density at radius 2 is 1.88 bits per heavy atom. The lowest BCUT2D eigenvalue weighted by Crippen LogP contribution is -2.35. The zero-order chi connectivity index (χ0) is 23.0. The molecule has 1 amide bonds. The lowest BCUT2D eigenvalue weighted by Gasteiger charge is -2.21. The summed E-state index contributed by atoms with van der Waals surface area (Å²) in [5, 5.41) is 2.79. The van der Waals surface area contributed by atoms with Gasteiger partial charge >= 0.3 is 0 Å². The normalized spacial score (nSPS) is 13.4. The predicted octanol–water partition coefficient (Wildman–Crippen LogP) is 4.04. The molecule has 4 rings (SSSR count). The van der Waals surface area contributed by atoms with Crippen molar-refractivity contribution in [1.82, 2.24) is 9.88 Å². The molecule has 0 aliphatic carbocycles. The van der Waals surface area contributed by atoms with Crippen molar-refractivity contribution in [2.45, 2.75) is 20.4 Å². The molecule has 3 aromatic rings. The van der Waals surface area contributed by atoms with Gasteiger partial charge in [-0.1, -0.05) is 0 Å². The van der Waals surface area contributed by atoms with Gasteiger partial charge in [0, 0.05) is 30.4 Å². The summed E-state index contributed by atoms with van der Waals surface area (Å²) in [5.41, 5.74) is 2.58. The molecule has 0 bridgehead atoms. The summed E-state index contributed by atoms with van der Waals surface area (Å²) in [4.78, 5) is 12.4. The Bertz CT molecular complexity index is 1320. The molecule has 2 aromatic carbocycles. The zero-order valence-corrected chi connectivity index (χ0v) is 18.2. The Labute approximate surface area is 184 Å². The average molecular weight is 461 g/mol. The maximum atomic E-state index is 14.2. The number of amides is 1. The molecule has 0 unspecified atom stereocenters. The van der Waals surface area contributed by atoms with Gasteiger partial charge in [0.15, 0.2) is 11.6 Å². The number of ether oxygens (including phenoxy) is 1. The van der Waals surface area contributed by atoms with Gasteiger partial charge in [0.1, 0.15) is 17.3 Å². The monoisotopic (exact) mass is 461 g/mol. The molecule has 7 nitrogen and oxygen atoms in total. The van der Waals surface area contributed by atoms with E-state index in [0.29, 0.717) is 41.8 Å². The van der Waals surface area contributed by atoms with E-state index in [1.54, 1.807) is 19.1 Å². The van der Waals surface area contributed by atoms with Crippen LogP contribution in [0, 0.1) is 18.6 Å². The molecule has 0 spiro atoms. The zero-order valence-electron chi connectivity index (χ0n) is 17.4. The van der Waals surface area contributed by atoms with Crippen LogP contribution in [-0.4, -0.2) is 31.2 Å². The van der Waals surface area contributed by atoms with E-state index in [2.05, 4.69) is 10.0 Å². The molecular weight excluding hydrogens is 440 g/mol. The van der Waals surface area contributed by atoms with Gasteiger partial charge in [0.2, 0.25) is 10.0 Å². The minimum Gasteiger partial charge on any atom is -0.454 e. The van der Waals surface area contributed by atoms with Crippen LogP contribution in [0.4, 0.5) is 14.5 Å². The number of aryl methyl sites for hydroxylation is 1. The molecule has 0 fully saturated rings. The molecule has 2 N–H and O–H groups in total. The van der Waals surface area contributed by atoms with Gasteiger partial charge in [-0.2, -0.15) is 0 Å². The largest absolute Gasteiger partial charge is 0.454 e.